The van der Waals surface area contributed by atoms with Crippen molar-refractivity contribution >= 4 is 33.4 Å². The van der Waals surface area contributed by atoms with E-state index in [9.17, 15) is 13.5 Å². The van der Waals surface area contributed by atoms with E-state index in [0.29, 0.717) is 23.0 Å². The Hall–Kier alpha value is -1.95. The number of benzene rings is 2. The summed E-state index contributed by atoms with van der Waals surface area (Å²) in [5.41, 5.74) is 1.83. The topological polar surface area (TPSA) is 101 Å². The van der Waals surface area contributed by atoms with Crippen LogP contribution in [0.3, 0.4) is 0 Å². The summed E-state index contributed by atoms with van der Waals surface area (Å²) in [6.07, 6.45) is 0. The second-order valence-electron chi connectivity index (χ2n) is 7.05. The van der Waals surface area contributed by atoms with E-state index >= 15 is 0 Å². The molecule has 3 rings (SSSR count). The quantitative estimate of drug-likeness (QED) is 0.503. The first-order valence-corrected chi connectivity index (χ1v) is 13.6. The minimum absolute atomic E-state index is 0.0193. The van der Waals surface area contributed by atoms with Gasteiger partial charge in [0.05, 0.1) is 52.5 Å². The van der Waals surface area contributed by atoms with Crippen molar-refractivity contribution in [2.75, 3.05) is 53.7 Å². The molecule has 1 fully saturated rings. The van der Waals surface area contributed by atoms with Crippen LogP contribution in [0.4, 0.5) is 0 Å². The highest BCUT2D eigenvalue weighted by atomic mass is 32.2. The van der Waals surface area contributed by atoms with Gasteiger partial charge in [0, 0.05) is 11.0 Å². The van der Waals surface area contributed by atoms with Crippen molar-refractivity contribution in [2.24, 2.45) is 0 Å². The Morgan fingerprint density at radius 2 is 1.39 bits per heavy atom. The molecule has 1 saturated heterocycles. The van der Waals surface area contributed by atoms with Crippen molar-refractivity contribution in [2.45, 2.75) is 14.7 Å². The summed E-state index contributed by atoms with van der Waals surface area (Å²) in [6, 6.07) is 7.30. The average Bonchev–Trinajstić information content (AvgIpc) is 3.32. The number of rotatable bonds is 10. The number of aliphatic hydroxyl groups is 1. The van der Waals surface area contributed by atoms with Gasteiger partial charge in [0.1, 0.15) is 4.90 Å². The molecule has 0 bridgehead atoms. The summed E-state index contributed by atoms with van der Waals surface area (Å²) < 4.78 is 52.7. The third-order valence-electron chi connectivity index (χ3n) is 5.18. The lowest BCUT2D eigenvalue weighted by molar-refractivity contribution is 0.319. The molecule has 0 aromatic heterocycles. The number of sulfone groups is 1. The van der Waals surface area contributed by atoms with E-state index in [-0.39, 0.29) is 20.5 Å². The predicted octanol–water partition coefficient (Wildman–Crippen LogP) is 3.72. The summed E-state index contributed by atoms with van der Waals surface area (Å²) in [6.45, 7) is -0.478. The molecule has 0 radical (unpaired) electrons. The van der Waals surface area contributed by atoms with E-state index in [1.807, 2.05) is 12.1 Å². The number of hydrogen-bond acceptors (Lipinski definition) is 10. The van der Waals surface area contributed by atoms with Crippen LogP contribution < -0.4 is 23.7 Å². The highest BCUT2D eigenvalue weighted by Gasteiger charge is 2.33. The summed E-state index contributed by atoms with van der Waals surface area (Å²) in [5, 5.41) is 9.35. The number of hydrogen-bond donors (Lipinski definition) is 1. The minimum atomic E-state index is -3.75. The highest BCUT2D eigenvalue weighted by Crippen LogP contribution is 2.58. The van der Waals surface area contributed by atoms with E-state index < -0.39 is 22.2 Å². The standard InChI is InChI=1S/C22H28O8S3/c1-26-15-8-13(9-16(27-2)20(15)29-4)18-12-31-22(32-18)14-10-17(28-3)21(30-5)19(11-14)33(24,25)7-6-23/h8-11,18,22-23H,6-7,12H2,1-5H3. The van der Waals surface area contributed by atoms with Crippen molar-refractivity contribution in [1.82, 2.24) is 0 Å². The molecular formula is C22H28O8S3. The smallest absolute Gasteiger partial charge is 0.203 e. The van der Waals surface area contributed by atoms with Crippen LogP contribution in [0.25, 0.3) is 0 Å². The maximum absolute atomic E-state index is 12.8. The fraction of sp³-hybridized carbons (Fsp3) is 0.455. The largest absolute Gasteiger partial charge is 0.493 e. The van der Waals surface area contributed by atoms with Gasteiger partial charge in [-0.25, -0.2) is 8.42 Å². The molecule has 1 aliphatic heterocycles. The molecule has 0 saturated carbocycles. The van der Waals surface area contributed by atoms with Gasteiger partial charge in [-0.2, -0.15) is 0 Å². The van der Waals surface area contributed by atoms with E-state index in [4.69, 9.17) is 23.7 Å². The monoisotopic (exact) mass is 516 g/mol. The molecule has 2 unspecified atom stereocenters. The van der Waals surface area contributed by atoms with E-state index in [1.54, 1.807) is 57.0 Å². The normalized spacial score (nSPS) is 18.1. The predicted molar refractivity (Wildman–Crippen MR) is 130 cm³/mol. The van der Waals surface area contributed by atoms with Gasteiger partial charge >= 0.3 is 0 Å². The van der Waals surface area contributed by atoms with Crippen LogP contribution in [0.15, 0.2) is 29.2 Å². The Bertz CT molecular complexity index is 1060. The van der Waals surface area contributed by atoms with Crippen LogP contribution in [-0.2, 0) is 9.84 Å². The third kappa shape index (κ3) is 5.26. The zero-order chi connectivity index (χ0) is 24.2. The number of ether oxygens (including phenoxy) is 5. The molecule has 182 valence electrons. The van der Waals surface area contributed by atoms with Gasteiger partial charge in [-0.15, -0.1) is 23.5 Å². The van der Waals surface area contributed by atoms with Crippen molar-refractivity contribution in [1.29, 1.82) is 0 Å². The molecule has 2 aromatic carbocycles. The van der Waals surface area contributed by atoms with Crippen LogP contribution in [0.2, 0.25) is 0 Å². The summed E-state index contributed by atoms with van der Waals surface area (Å²) >= 11 is 3.41. The molecule has 1 aliphatic rings. The third-order valence-corrected chi connectivity index (χ3v) is 10.2. The van der Waals surface area contributed by atoms with Gasteiger partial charge in [0.2, 0.25) is 5.75 Å². The van der Waals surface area contributed by atoms with Gasteiger partial charge in [-0.1, -0.05) is 0 Å². The fourth-order valence-corrected chi connectivity index (χ4v) is 8.09. The molecule has 0 aliphatic carbocycles. The second kappa shape index (κ2) is 11.0. The van der Waals surface area contributed by atoms with Gasteiger partial charge in [-0.05, 0) is 35.4 Å². The number of aliphatic hydroxyl groups excluding tert-OH is 1. The Balaban J connectivity index is 1.97. The Kier molecular flexibility index (Phi) is 8.54. The molecule has 11 heteroatoms. The molecule has 1 heterocycles. The average molecular weight is 517 g/mol. The Morgan fingerprint density at radius 1 is 0.848 bits per heavy atom. The molecular weight excluding hydrogens is 488 g/mol. The van der Waals surface area contributed by atoms with Crippen molar-refractivity contribution < 1.29 is 37.2 Å². The van der Waals surface area contributed by atoms with Crippen LogP contribution >= 0.6 is 23.5 Å². The van der Waals surface area contributed by atoms with Crippen LogP contribution in [0.1, 0.15) is 21.0 Å². The fourth-order valence-electron chi connectivity index (χ4n) is 3.59. The first-order valence-electron chi connectivity index (χ1n) is 10.00. The first-order chi connectivity index (χ1) is 15.8. The molecule has 2 aromatic rings. The Labute approximate surface area is 202 Å². The maximum atomic E-state index is 12.8. The lowest BCUT2D eigenvalue weighted by atomic mass is 10.1. The molecule has 2 atom stereocenters. The van der Waals surface area contributed by atoms with Crippen LogP contribution in [0.5, 0.6) is 28.7 Å². The highest BCUT2D eigenvalue weighted by molar-refractivity contribution is 8.19. The molecule has 1 N–H and O–H groups in total. The molecule has 8 nitrogen and oxygen atoms in total. The van der Waals surface area contributed by atoms with Crippen LogP contribution in [-0.4, -0.2) is 67.2 Å². The summed E-state index contributed by atoms with van der Waals surface area (Å²) in [7, 11) is 3.85. The van der Waals surface area contributed by atoms with Gasteiger partial charge in [-0.3, -0.25) is 0 Å². The summed E-state index contributed by atoms with van der Waals surface area (Å²) in [4.78, 5) is 0.0193. The van der Waals surface area contributed by atoms with Gasteiger partial charge in [0.25, 0.3) is 0 Å². The van der Waals surface area contributed by atoms with Crippen molar-refractivity contribution in [3.63, 3.8) is 0 Å². The zero-order valence-electron chi connectivity index (χ0n) is 19.1. The van der Waals surface area contributed by atoms with Crippen molar-refractivity contribution in [3.05, 3.63) is 35.4 Å². The van der Waals surface area contributed by atoms with Crippen molar-refractivity contribution in [3.8, 4) is 28.7 Å². The van der Waals surface area contributed by atoms with E-state index in [1.165, 1.54) is 14.2 Å². The van der Waals surface area contributed by atoms with Gasteiger partial charge in [0.15, 0.2) is 32.8 Å². The minimum Gasteiger partial charge on any atom is -0.493 e. The van der Waals surface area contributed by atoms with Crippen LogP contribution in [0, 0.1) is 0 Å². The summed E-state index contributed by atoms with van der Waals surface area (Å²) in [5.74, 6) is 2.60. The zero-order valence-corrected chi connectivity index (χ0v) is 21.6. The maximum Gasteiger partial charge on any atom is 0.203 e. The van der Waals surface area contributed by atoms with Gasteiger partial charge < -0.3 is 28.8 Å². The van der Waals surface area contributed by atoms with E-state index in [2.05, 4.69) is 0 Å². The molecule has 33 heavy (non-hydrogen) atoms. The number of methoxy groups -OCH3 is 5. The Morgan fingerprint density at radius 3 is 1.91 bits per heavy atom. The lowest BCUT2D eigenvalue weighted by Gasteiger charge is -2.18. The number of thioether (sulfide) groups is 2. The van der Waals surface area contributed by atoms with E-state index in [0.717, 1.165) is 16.9 Å². The lowest BCUT2D eigenvalue weighted by Crippen LogP contribution is -2.12. The molecule has 0 spiro atoms. The second-order valence-corrected chi connectivity index (χ2v) is 11.9. The SMILES string of the molecule is COc1cc(C2CSC(c3cc(OC)c(OC)c(S(=O)(=O)CCO)c3)S2)cc(OC)c1OC. The first kappa shape index (κ1) is 25.7. The molecule has 0 amide bonds.